The molecule has 2 aromatic carbocycles. The molecule has 5 heteroatoms. The molecule has 29 heavy (non-hydrogen) atoms. The fourth-order valence-corrected chi connectivity index (χ4v) is 13.9. The van der Waals surface area contributed by atoms with Crippen LogP contribution >= 0.6 is 51.7 Å². The van der Waals surface area contributed by atoms with Crippen molar-refractivity contribution in [2.45, 2.75) is 19.3 Å². The maximum atomic E-state index is 2.48. The topological polar surface area (TPSA) is 0 Å². The zero-order valence-electron chi connectivity index (χ0n) is 15.6. The molecule has 1 unspecified atom stereocenters. The summed E-state index contributed by atoms with van der Waals surface area (Å²) in [6.07, 6.45) is 8.64. The van der Waals surface area contributed by atoms with Crippen molar-refractivity contribution in [1.29, 1.82) is 0 Å². The average molecular weight is 467 g/mol. The third-order valence-electron chi connectivity index (χ3n) is 5.36. The molecule has 2 aromatic rings. The summed E-state index contributed by atoms with van der Waals surface area (Å²) in [6.45, 7) is 0. The fraction of sp³-hybridized carbons (Fsp3) is 0.125. The van der Waals surface area contributed by atoms with Gasteiger partial charge in [0.05, 0.1) is 0 Å². The van der Waals surface area contributed by atoms with E-state index in [9.17, 15) is 0 Å². The van der Waals surface area contributed by atoms with Crippen molar-refractivity contribution in [3.63, 3.8) is 0 Å². The van der Waals surface area contributed by atoms with Gasteiger partial charge in [0.25, 0.3) is 0 Å². The molecular formula is C24H18S5. The summed E-state index contributed by atoms with van der Waals surface area (Å²) in [6, 6.07) is 21.7. The largest absolute Gasteiger partial charge is 0.0622 e. The minimum Gasteiger partial charge on any atom is -0.0622 e. The Morgan fingerprint density at radius 3 is 2.10 bits per heavy atom. The second-order valence-corrected chi connectivity index (χ2v) is 15.1. The van der Waals surface area contributed by atoms with Crippen LogP contribution < -0.4 is 0 Å². The van der Waals surface area contributed by atoms with E-state index in [4.69, 9.17) is 0 Å². The van der Waals surface area contributed by atoms with Crippen LogP contribution in [0.5, 0.6) is 0 Å². The predicted octanol–water partition coefficient (Wildman–Crippen LogP) is 8.92. The SMILES string of the molecule is C1=C(c2ccccc2)SS/C1=C1/CCCC2=C1SS1=C2C=C(c2ccccc2)S1. The Bertz CT molecular complexity index is 1150. The van der Waals surface area contributed by atoms with Gasteiger partial charge < -0.3 is 0 Å². The third-order valence-corrected chi connectivity index (χ3v) is 14.3. The highest BCUT2D eigenvalue weighted by atomic mass is 33.5. The number of hydrogen-bond acceptors (Lipinski definition) is 4. The second kappa shape index (κ2) is 7.93. The first-order chi connectivity index (χ1) is 14.4. The zero-order valence-corrected chi connectivity index (χ0v) is 19.7. The molecule has 144 valence electrons. The Kier molecular flexibility index (Phi) is 5.13. The number of fused-ring (bicyclic) bond motifs is 1. The molecule has 0 aromatic heterocycles. The third kappa shape index (κ3) is 3.45. The van der Waals surface area contributed by atoms with Gasteiger partial charge in [0.2, 0.25) is 0 Å². The van der Waals surface area contributed by atoms with Crippen LogP contribution in [0.25, 0.3) is 9.81 Å². The van der Waals surface area contributed by atoms with Crippen molar-refractivity contribution in [2.24, 2.45) is 0 Å². The van der Waals surface area contributed by atoms with E-state index in [1.54, 1.807) is 20.9 Å². The van der Waals surface area contributed by atoms with E-state index in [1.807, 2.05) is 21.6 Å². The summed E-state index contributed by atoms with van der Waals surface area (Å²) in [4.78, 5) is 7.52. The van der Waals surface area contributed by atoms with Gasteiger partial charge in [0.1, 0.15) is 0 Å². The summed E-state index contributed by atoms with van der Waals surface area (Å²) >= 11 is 0. The van der Waals surface area contributed by atoms with Crippen LogP contribution in [0, 0.1) is 0 Å². The first-order valence-electron chi connectivity index (χ1n) is 9.70. The molecule has 0 fully saturated rings. The normalized spacial score (nSPS) is 25.8. The molecule has 0 amide bonds. The van der Waals surface area contributed by atoms with E-state index in [-0.39, 0.29) is 8.55 Å². The van der Waals surface area contributed by atoms with Gasteiger partial charge >= 0.3 is 0 Å². The lowest BCUT2D eigenvalue weighted by atomic mass is 9.92. The highest BCUT2D eigenvalue weighted by Gasteiger charge is 2.34. The molecule has 0 saturated heterocycles. The van der Waals surface area contributed by atoms with Gasteiger partial charge in [0, 0.05) is 24.5 Å². The molecule has 0 N–H and O–H groups in total. The lowest BCUT2D eigenvalue weighted by Crippen LogP contribution is -2.05. The fourth-order valence-electron chi connectivity index (χ4n) is 3.93. The molecule has 3 aliphatic heterocycles. The zero-order chi connectivity index (χ0) is 19.2. The molecule has 0 spiro atoms. The van der Waals surface area contributed by atoms with Gasteiger partial charge in [0.15, 0.2) is 0 Å². The van der Waals surface area contributed by atoms with Crippen molar-refractivity contribution in [3.05, 3.63) is 105 Å². The number of allylic oxidation sites excluding steroid dienone is 4. The van der Waals surface area contributed by atoms with Gasteiger partial charge in [-0.3, -0.25) is 0 Å². The Morgan fingerprint density at radius 2 is 1.34 bits per heavy atom. The quantitative estimate of drug-likeness (QED) is 0.320. The van der Waals surface area contributed by atoms with E-state index >= 15 is 0 Å². The van der Waals surface area contributed by atoms with Crippen molar-refractivity contribution >= 4 is 66.4 Å². The molecule has 0 bridgehead atoms. The lowest BCUT2D eigenvalue weighted by molar-refractivity contribution is 0.801. The Morgan fingerprint density at radius 1 is 0.655 bits per heavy atom. The van der Waals surface area contributed by atoms with Crippen LogP contribution in [0.2, 0.25) is 0 Å². The summed E-state index contributed by atoms with van der Waals surface area (Å²) in [5.41, 5.74) is 5.94. The highest BCUT2D eigenvalue weighted by molar-refractivity contribution is 9.18. The maximum Gasteiger partial charge on any atom is 0.0273 e. The first-order valence-corrected chi connectivity index (χ1v) is 15.7. The second-order valence-electron chi connectivity index (χ2n) is 7.19. The molecule has 0 saturated carbocycles. The van der Waals surface area contributed by atoms with E-state index in [2.05, 4.69) is 94.4 Å². The molecule has 0 radical (unpaired) electrons. The van der Waals surface area contributed by atoms with Gasteiger partial charge in [-0.15, -0.1) is 0 Å². The van der Waals surface area contributed by atoms with E-state index in [0.717, 1.165) is 0 Å². The van der Waals surface area contributed by atoms with E-state index in [1.165, 1.54) is 45.1 Å². The molecule has 3 heterocycles. The maximum absolute atomic E-state index is 2.48. The number of hydrogen-bond donors (Lipinski definition) is 0. The molecule has 4 aliphatic rings. The predicted molar refractivity (Wildman–Crippen MR) is 140 cm³/mol. The minimum absolute atomic E-state index is 0.229. The first kappa shape index (κ1) is 18.8. The van der Waals surface area contributed by atoms with Crippen LogP contribution in [0.1, 0.15) is 30.4 Å². The van der Waals surface area contributed by atoms with Crippen LogP contribution in [0.15, 0.2) is 93.8 Å². The van der Waals surface area contributed by atoms with Crippen molar-refractivity contribution in [2.75, 3.05) is 0 Å². The van der Waals surface area contributed by atoms with Gasteiger partial charge in [-0.1, -0.05) is 112 Å². The van der Waals surface area contributed by atoms with Crippen LogP contribution in [0.3, 0.4) is 0 Å². The molecule has 0 nitrogen and oxygen atoms in total. The smallest absolute Gasteiger partial charge is 0.0273 e. The van der Waals surface area contributed by atoms with Gasteiger partial charge in [-0.05, 0) is 53.7 Å². The number of benzene rings is 2. The van der Waals surface area contributed by atoms with Crippen molar-refractivity contribution in [1.82, 2.24) is 0 Å². The van der Waals surface area contributed by atoms with Crippen molar-refractivity contribution < 1.29 is 0 Å². The molecular weight excluding hydrogens is 449 g/mol. The summed E-state index contributed by atoms with van der Waals surface area (Å²) in [5.74, 6) is 0. The van der Waals surface area contributed by atoms with Crippen LogP contribution in [-0.2, 0) is 0 Å². The van der Waals surface area contributed by atoms with Crippen LogP contribution in [-0.4, -0.2) is 4.86 Å². The molecule has 6 rings (SSSR count). The van der Waals surface area contributed by atoms with E-state index < -0.39 is 0 Å². The lowest BCUT2D eigenvalue weighted by Gasteiger charge is -2.20. The van der Waals surface area contributed by atoms with Crippen molar-refractivity contribution in [3.8, 4) is 0 Å². The Hall–Kier alpha value is -0.980. The average Bonchev–Trinajstić information content (AvgIpc) is 3.49. The van der Waals surface area contributed by atoms with Gasteiger partial charge in [-0.2, -0.15) is 0 Å². The van der Waals surface area contributed by atoms with E-state index in [0.29, 0.717) is 0 Å². The Balaban J connectivity index is 1.35. The van der Waals surface area contributed by atoms with Gasteiger partial charge in [-0.25, -0.2) is 0 Å². The molecule has 1 aliphatic carbocycles. The standard InChI is InChI=1S/C24H18S5/c1-3-8-16(9-4-1)20-14-22(26-25-20)18-12-7-13-19-23-15-21(17-10-5-2-6-11-17)27-29(23)28-24(18)19/h1-6,8-11,14-15H,7,12-13H2/b22-18-. The Labute approximate surface area is 189 Å². The minimum atomic E-state index is 0.229. The summed E-state index contributed by atoms with van der Waals surface area (Å²) < 4.78 is 0. The molecule has 1 atom stereocenters. The summed E-state index contributed by atoms with van der Waals surface area (Å²) in [7, 11) is 8.29. The van der Waals surface area contributed by atoms with Crippen LogP contribution in [0.4, 0.5) is 0 Å². The number of rotatable bonds is 2. The summed E-state index contributed by atoms with van der Waals surface area (Å²) in [5, 5.41) is 0. The monoisotopic (exact) mass is 466 g/mol. The highest BCUT2D eigenvalue weighted by Crippen LogP contribution is 2.67.